The summed E-state index contributed by atoms with van der Waals surface area (Å²) in [5.74, 6) is 1.66. The van der Waals surface area contributed by atoms with Gasteiger partial charge in [-0.1, -0.05) is 13.8 Å². The van der Waals surface area contributed by atoms with Gasteiger partial charge in [-0.25, -0.2) is 0 Å². The Morgan fingerprint density at radius 2 is 2.17 bits per heavy atom. The summed E-state index contributed by atoms with van der Waals surface area (Å²) in [6, 6.07) is 0.214. The van der Waals surface area contributed by atoms with E-state index in [9.17, 15) is 4.79 Å². The maximum absolute atomic E-state index is 12.1. The minimum absolute atomic E-state index is 0. The molecule has 0 bridgehead atoms. The van der Waals surface area contributed by atoms with Gasteiger partial charge < -0.3 is 15.0 Å². The van der Waals surface area contributed by atoms with Gasteiger partial charge in [-0.2, -0.15) is 0 Å². The second-order valence-electron chi connectivity index (χ2n) is 5.51. The number of nitrogens with one attached hydrogen (secondary N) is 1. The maximum atomic E-state index is 12.1. The van der Waals surface area contributed by atoms with Crippen LogP contribution in [-0.2, 0) is 9.53 Å². The van der Waals surface area contributed by atoms with Gasteiger partial charge in [0.25, 0.3) is 0 Å². The van der Waals surface area contributed by atoms with Crippen molar-refractivity contribution in [2.24, 2.45) is 11.8 Å². The fourth-order valence-corrected chi connectivity index (χ4v) is 2.58. The van der Waals surface area contributed by atoms with E-state index in [-0.39, 0.29) is 24.4 Å². The third-order valence-corrected chi connectivity index (χ3v) is 4.11. The third-order valence-electron chi connectivity index (χ3n) is 4.11. The van der Waals surface area contributed by atoms with Gasteiger partial charge in [0.1, 0.15) is 0 Å². The van der Waals surface area contributed by atoms with Gasteiger partial charge in [0.2, 0.25) is 5.91 Å². The predicted molar refractivity (Wildman–Crippen MR) is 74.0 cm³/mol. The lowest BCUT2D eigenvalue weighted by Crippen LogP contribution is -2.47. The number of halogens is 1. The number of morpholine rings is 1. The Balaban J connectivity index is 0.00000162. The average Bonchev–Trinajstić information content (AvgIpc) is 2.34. The van der Waals surface area contributed by atoms with Crippen molar-refractivity contribution in [3.05, 3.63) is 0 Å². The number of ether oxygens (including phenoxy) is 1. The zero-order valence-electron chi connectivity index (χ0n) is 11.4. The van der Waals surface area contributed by atoms with E-state index in [2.05, 4.69) is 19.2 Å². The molecule has 0 saturated carbocycles. The van der Waals surface area contributed by atoms with Crippen LogP contribution in [0.2, 0.25) is 0 Å². The minimum Gasteiger partial charge on any atom is -0.378 e. The Morgan fingerprint density at radius 3 is 2.78 bits per heavy atom. The smallest absolute Gasteiger partial charge is 0.224 e. The van der Waals surface area contributed by atoms with Crippen molar-refractivity contribution in [2.45, 2.75) is 32.7 Å². The first-order chi connectivity index (χ1) is 8.16. The molecule has 1 N–H and O–H groups in total. The molecular formula is C13H25ClN2O2. The van der Waals surface area contributed by atoms with E-state index in [1.54, 1.807) is 0 Å². The molecule has 2 rings (SSSR count). The summed E-state index contributed by atoms with van der Waals surface area (Å²) >= 11 is 0. The summed E-state index contributed by atoms with van der Waals surface area (Å²) in [5, 5.41) is 3.34. The van der Waals surface area contributed by atoms with E-state index in [1.807, 2.05) is 4.90 Å². The van der Waals surface area contributed by atoms with Gasteiger partial charge in [-0.3, -0.25) is 4.79 Å². The van der Waals surface area contributed by atoms with Crippen molar-refractivity contribution in [3.8, 4) is 0 Å². The monoisotopic (exact) mass is 276 g/mol. The van der Waals surface area contributed by atoms with E-state index < -0.39 is 0 Å². The van der Waals surface area contributed by atoms with Crippen LogP contribution in [0.5, 0.6) is 0 Å². The number of nitrogens with zero attached hydrogens (tertiary/aromatic N) is 1. The number of piperidine rings is 1. The molecule has 3 atom stereocenters. The highest BCUT2D eigenvalue weighted by Gasteiger charge is 2.27. The van der Waals surface area contributed by atoms with Gasteiger partial charge in [-0.05, 0) is 18.3 Å². The Morgan fingerprint density at radius 1 is 1.39 bits per heavy atom. The van der Waals surface area contributed by atoms with Crippen molar-refractivity contribution in [1.29, 1.82) is 0 Å². The molecule has 106 valence electrons. The van der Waals surface area contributed by atoms with Gasteiger partial charge >= 0.3 is 0 Å². The first-order valence-corrected chi connectivity index (χ1v) is 6.75. The molecule has 2 aliphatic heterocycles. The molecular weight excluding hydrogens is 252 g/mol. The fourth-order valence-electron chi connectivity index (χ4n) is 2.58. The molecule has 0 radical (unpaired) electrons. The van der Waals surface area contributed by atoms with E-state index in [1.165, 1.54) is 0 Å². The number of hydrogen-bond donors (Lipinski definition) is 1. The Labute approximate surface area is 116 Å². The number of rotatable bonds is 2. The number of hydrogen-bond acceptors (Lipinski definition) is 3. The fraction of sp³-hybridized carbons (Fsp3) is 0.923. The molecule has 2 saturated heterocycles. The lowest BCUT2D eigenvalue weighted by Gasteiger charge is -2.36. The number of likely N-dealkylation sites (tertiary alicyclic amines) is 1. The lowest BCUT2D eigenvalue weighted by molar-refractivity contribution is -0.134. The molecule has 0 aromatic heterocycles. The van der Waals surface area contributed by atoms with E-state index in [4.69, 9.17) is 4.74 Å². The van der Waals surface area contributed by atoms with Crippen molar-refractivity contribution < 1.29 is 9.53 Å². The molecule has 0 aliphatic carbocycles. The molecule has 0 aromatic rings. The molecule has 18 heavy (non-hydrogen) atoms. The average molecular weight is 277 g/mol. The van der Waals surface area contributed by atoms with Crippen LogP contribution in [0.1, 0.15) is 26.7 Å². The SMILES string of the molecule is CC1CCN(C(=O)CC2COCCN2)CC1C.Cl. The van der Waals surface area contributed by atoms with Crippen LogP contribution in [0, 0.1) is 11.8 Å². The van der Waals surface area contributed by atoms with Crippen molar-refractivity contribution in [1.82, 2.24) is 10.2 Å². The Kier molecular flexibility index (Phi) is 6.39. The normalized spacial score (nSPS) is 32.8. The Hall–Kier alpha value is -0.320. The quantitative estimate of drug-likeness (QED) is 0.826. The molecule has 0 spiro atoms. The number of carbonyl (C=O) groups excluding carboxylic acids is 1. The highest BCUT2D eigenvalue weighted by molar-refractivity contribution is 5.85. The molecule has 2 fully saturated rings. The first-order valence-electron chi connectivity index (χ1n) is 6.75. The van der Waals surface area contributed by atoms with E-state index in [0.29, 0.717) is 18.9 Å². The summed E-state index contributed by atoms with van der Waals surface area (Å²) in [6.07, 6.45) is 1.72. The molecule has 2 aliphatic rings. The molecule has 3 unspecified atom stereocenters. The zero-order chi connectivity index (χ0) is 12.3. The van der Waals surface area contributed by atoms with Crippen molar-refractivity contribution >= 4 is 18.3 Å². The standard InChI is InChI=1S/C13H24N2O2.ClH/c1-10-3-5-15(8-11(10)2)13(16)7-12-9-17-6-4-14-12;/h10-12,14H,3-9H2,1-2H3;1H. The van der Waals surface area contributed by atoms with Crippen LogP contribution < -0.4 is 5.32 Å². The van der Waals surface area contributed by atoms with Gasteiger partial charge in [0.05, 0.1) is 13.2 Å². The summed E-state index contributed by atoms with van der Waals surface area (Å²) in [6.45, 7) is 8.68. The van der Waals surface area contributed by atoms with Crippen LogP contribution in [0.15, 0.2) is 0 Å². The molecule has 1 amide bonds. The van der Waals surface area contributed by atoms with Crippen molar-refractivity contribution in [2.75, 3.05) is 32.8 Å². The third kappa shape index (κ3) is 4.11. The predicted octanol–water partition coefficient (Wildman–Crippen LogP) is 1.29. The maximum Gasteiger partial charge on any atom is 0.224 e. The van der Waals surface area contributed by atoms with Crippen LogP contribution in [0.25, 0.3) is 0 Å². The molecule has 2 heterocycles. The summed E-state index contributed by atoms with van der Waals surface area (Å²) in [5.41, 5.74) is 0. The summed E-state index contributed by atoms with van der Waals surface area (Å²) < 4.78 is 5.38. The highest BCUT2D eigenvalue weighted by Crippen LogP contribution is 2.23. The summed E-state index contributed by atoms with van der Waals surface area (Å²) in [7, 11) is 0. The van der Waals surface area contributed by atoms with Crippen LogP contribution >= 0.6 is 12.4 Å². The minimum atomic E-state index is 0. The second-order valence-corrected chi connectivity index (χ2v) is 5.51. The molecule has 4 nitrogen and oxygen atoms in total. The highest BCUT2D eigenvalue weighted by atomic mass is 35.5. The van der Waals surface area contributed by atoms with Crippen molar-refractivity contribution in [3.63, 3.8) is 0 Å². The topological polar surface area (TPSA) is 41.6 Å². The van der Waals surface area contributed by atoms with E-state index in [0.717, 1.165) is 38.6 Å². The van der Waals surface area contributed by atoms with Crippen LogP contribution in [0.4, 0.5) is 0 Å². The lowest BCUT2D eigenvalue weighted by atomic mass is 9.88. The molecule has 0 aromatic carbocycles. The summed E-state index contributed by atoms with van der Waals surface area (Å²) in [4.78, 5) is 14.2. The first kappa shape index (κ1) is 15.7. The van der Waals surface area contributed by atoms with Gasteiger partial charge in [0, 0.05) is 32.1 Å². The number of amides is 1. The second kappa shape index (κ2) is 7.31. The van der Waals surface area contributed by atoms with Crippen LogP contribution in [0.3, 0.4) is 0 Å². The van der Waals surface area contributed by atoms with Crippen LogP contribution in [-0.4, -0.2) is 49.7 Å². The van der Waals surface area contributed by atoms with E-state index >= 15 is 0 Å². The van der Waals surface area contributed by atoms with Gasteiger partial charge in [-0.15, -0.1) is 12.4 Å². The number of carbonyl (C=O) groups is 1. The Bertz CT molecular complexity index is 270. The van der Waals surface area contributed by atoms with Gasteiger partial charge in [0.15, 0.2) is 0 Å². The zero-order valence-corrected chi connectivity index (χ0v) is 12.2. The molecule has 5 heteroatoms. The largest absolute Gasteiger partial charge is 0.378 e.